The Morgan fingerprint density at radius 3 is 2.47 bits per heavy atom. The summed E-state index contributed by atoms with van der Waals surface area (Å²) in [7, 11) is 0. The zero-order valence-electron chi connectivity index (χ0n) is 10.3. The lowest BCUT2D eigenvalue weighted by Crippen LogP contribution is -2.55. The van der Waals surface area contributed by atoms with Crippen molar-refractivity contribution >= 4 is 17.7 Å². The van der Waals surface area contributed by atoms with Crippen LogP contribution in [0.25, 0.3) is 0 Å². The SMILES string of the molecule is Cc1cc(F)c(C(=O)NC2(C)CSC2)cc1C. The van der Waals surface area contributed by atoms with E-state index in [1.807, 2.05) is 20.8 Å². The molecule has 1 N–H and O–H groups in total. The molecule has 0 aromatic heterocycles. The molecule has 1 saturated heterocycles. The molecule has 1 fully saturated rings. The van der Waals surface area contributed by atoms with Crippen LogP contribution >= 0.6 is 11.8 Å². The molecular formula is C13H16FNOS. The molecule has 0 bridgehead atoms. The molecule has 2 nitrogen and oxygen atoms in total. The predicted molar refractivity (Wildman–Crippen MR) is 69.1 cm³/mol. The predicted octanol–water partition coefficient (Wildman–Crippen LogP) is 2.68. The molecule has 0 radical (unpaired) electrons. The van der Waals surface area contributed by atoms with E-state index in [1.165, 1.54) is 6.07 Å². The van der Waals surface area contributed by atoms with Crippen LogP contribution in [0, 0.1) is 19.7 Å². The fourth-order valence-corrected chi connectivity index (χ4v) is 2.74. The molecule has 17 heavy (non-hydrogen) atoms. The number of thioether (sulfide) groups is 1. The molecule has 0 aliphatic carbocycles. The Morgan fingerprint density at radius 1 is 1.35 bits per heavy atom. The van der Waals surface area contributed by atoms with E-state index >= 15 is 0 Å². The fraction of sp³-hybridized carbons (Fsp3) is 0.462. The van der Waals surface area contributed by atoms with Crippen molar-refractivity contribution in [2.75, 3.05) is 11.5 Å². The van der Waals surface area contributed by atoms with E-state index in [2.05, 4.69) is 5.32 Å². The van der Waals surface area contributed by atoms with E-state index in [4.69, 9.17) is 0 Å². The van der Waals surface area contributed by atoms with Gasteiger partial charge in [0.2, 0.25) is 0 Å². The van der Waals surface area contributed by atoms with Crippen molar-refractivity contribution < 1.29 is 9.18 Å². The monoisotopic (exact) mass is 253 g/mol. The van der Waals surface area contributed by atoms with Crippen LogP contribution < -0.4 is 5.32 Å². The van der Waals surface area contributed by atoms with Gasteiger partial charge in [-0.1, -0.05) is 0 Å². The topological polar surface area (TPSA) is 29.1 Å². The van der Waals surface area contributed by atoms with Crippen LogP contribution in [-0.2, 0) is 0 Å². The lowest BCUT2D eigenvalue weighted by atomic mass is 10.0. The molecule has 2 rings (SSSR count). The molecule has 1 aromatic rings. The second-order valence-electron chi connectivity index (χ2n) is 4.92. The number of carbonyl (C=O) groups excluding carboxylic acids is 1. The average Bonchev–Trinajstić information content (AvgIpc) is 2.21. The van der Waals surface area contributed by atoms with E-state index in [0.717, 1.165) is 22.6 Å². The highest BCUT2D eigenvalue weighted by atomic mass is 32.2. The third-order valence-electron chi connectivity index (χ3n) is 3.08. The first kappa shape index (κ1) is 12.4. The molecule has 0 saturated carbocycles. The Morgan fingerprint density at radius 2 is 1.94 bits per heavy atom. The van der Waals surface area contributed by atoms with Crippen molar-refractivity contribution in [2.24, 2.45) is 0 Å². The Kier molecular flexibility index (Phi) is 3.17. The minimum atomic E-state index is -0.443. The summed E-state index contributed by atoms with van der Waals surface area (Å²) in [5.41, 5.74) is 1.77. The Balaban J connectivity index is 2.22. The number of benzene rings is 1. The van der Waals surface area contributed by atoms with Crippen molar-refractivity contribution in [1.29, 1.82) is 0 Å². The number of aryl methyl sites for hydroxylation is 2. The molecule has 1 amide bonds. The summed E-state index contributed by atoms with van der Waals surface area (Å²) >= 11 is 1.78. The molecule has 4 heteroatoms. The van der Waals surface area contributed by atoms with Crippen molar-refractivity contribution in [2.45, 2.75) is 26.3 Å². The van der Waals surface area contributed by atoms with Crippen LogP contribution in [0.4, 0.5) is 4.39 Å². The van der Waals surface area contributed by atoms with Gasteiger partial charge in [0.05, 0.1) is 11.1 Å². The molecular weight excluding hydrogens is 237 g/mol. The first-order valence-corrected chi connectivity index (χ1v) is 6.74. The second-order valence-corrected chi connectivity index (χ2v) is 5.91. The highest BCUT2D eigenvalue weighted by molar-refractivity contribution is 8.00. The van der Waals surface area contributed by atoms with Crippen molar-refractivity contribution in [1.82, 2.24) is 5.32 Å². The van der Waals surface area contributed by atoms with E-state index in [1.54, 1.807) is 17.8 Å². The summed E-state index contributed by atoms with van der Waals surface area (Å²) < 4.78 is 13.7. The molecule has 0 atom stereocenters. The summed E-state index contributed by atoms with van der Waals surface area (Å²) in [5.74, 6) is 1.03. The maximum Gasteiger partial charge on any atom is 0.254 e. The van der Waals surface area contributed by atoms with E-state index in [-0.39, 0.29) is 17.0 Å². The molecule has 1 aliphatic heterocycles. The molecule has 0 spiro atoms. The zero-order valence-corrected chi connectivity index (χ0v) is 11.1. The zero-order chi connectivity index (χ0) is 12.6. The van der Waals surface area contributed by atoms with Gasteiger partial charge in [-0.25, -0.2) is 4.39 Å². The first-order valence-electron chi connectivity index (χ1n) is 5.58. The fourth-order valence-electron chi connectivity index (χ4n) is 1.78. The number of hydrogen-bond donors (Lipinski definition) is 1. The lowest BCUT2D eigenvalue weighted by molar-refractivity contribution is 0.0914. The largest absolute Gasteiger partial charge is 0.345 e. The van der Waals surface area contributed by atoms with Crippen LogP contribution in [0.5, 0.6) is 0 Å². The van der Waals surface area contributed by atoms with Gasteiger partial charge in [-0.3, -0.25) is 4.79 Å². The van der Waals surface area contributed by atoms with Gasteiger partial charge in [0, 0.05) is 11.5 Å². The van der Waals surface area contributed by atoms with Crippen molar-refractivity contribution in [3.8, 4) is 0 Å². The third kappa shape index (κ3) is 2.46. The number of halogens is 1. The first-order chi connectivity index (χ1) is 7.91. The number of carbonyl (C=O) groups is 1. The Labute approximate surface area is 105 Å². The van der Waals surface area contributed by atoms with Crippen molar-refractivity contribution in [3.63, 3.8) is 0 Å². The van der Waals surface area contributed by atoms with Crippen LogP contribution in [-0.4, -0.2) is 23.0 Å². The molecule has 92 valence electrons. The Hall–Kier alpha value is -1.03. The van der Waals surface area contributed by atoms with Crippen LogP contribution in [0.1, 0.15) is 28.4 Å². The van der Waals surface area contributed by atoms with Gasteiger partial charge < -0.3 is 5.32 Å². The molecule has 1 aromatic carbocycles. The second kappa shape index (κ2) is 4.33. The summed E-state index contributed by atoms with van der Waals surface area (Å²) in [5, 5.41) is 2.90. The highest BCUT2D eigenvalue weighted by Crippen LogP contribution is 2.29. The van der Waals surface area contributed by atoms with E-state index < -0.39 is 5.82 Å². The highest BCUT2D eigenvalue weighted by Gasteiger charge is 2.34. The maximum atomic E-state index is 13.7. The lowest BCUT2D eigenvalue weighted by Gasteiger charge is -2.38. The summed E-state index contributed by atoms with van der Waals surface area (Å²) in [6.07, 6.45) is 0. The van der Waals surface area contributed by atoms with Gasteiger partial charge in [-0.05, 0) is 44.0 Å². The van der Waals surface area contributed by atoms with Gasteiger partial charge in [0.15, 0.2) is 0 Å². The van der Waals surface area contributed by atoms with Crippen LogP contribution in [0.15, 0.2) is 12.1 Å². The van der Waals surface area contributed by atoms with Gasteiger partial charge in [-0.2, -0.15) is 11.8 Å². The van der Waals surface area contributed by atoms with Crippen LogP contribution in [0.3, 0.4) is 0 Å². The van der Waals surface area contributed by atoms with Gasteiger partial charge in [0.25, 0.3) is 5.91 Å². The molecule has 1 aliphatic rings. The minimum absolute atomic E-state index is 0.145. The minimum Gasteiger partial charge on any atom is -0.345 e. The normalized spacial score (nSPS) is 17.4. The number of nitrogens with one attached hydrogen (secondary N) is 1. The van der Waals surface area contributed by atoms with E-state index in [9.17, 15) is 9.18 Å². The average molecular weight is 253 g/mol. The Bertz CT molecular complexity index is 469. The van der Waals surface area contributed by atoms with Gasteiger partial charge in [0.1, 0.15) is 5.82 Å². The van der Waals surface area contributed by atoms with Crippen LogP contribution in [0.2, 0.25) is 0 Å². The standard InChI is InChI=1S/C13H16FNOS/c1-8-4-10(11(14)5-9(8)2)12(16)15-13(3)6-17-7-13/h4-5H,6-7H2,1-3H3,(H,15,16). The van der Waals surface area contributed by atoms with Gasteiger partial charge >= 0.3 is 0 Å². The quantitative estimate of drug-likeness (QED) is 0.878. The summed E-state index contributed by atoms with van der Waals surface area (Å²) in [6, 6.07) is 3.04. The maximum absolute atomic E-state index is 13.7. The molecule has 0 unspecified atom stereocenters. The smallest absolute Gasteiger partial charge is 0.254 e. The van der Waals surface area contributed by atoms with E-state index in [0.29, 0.717) is 0 Å². The summed E-state index contributed by atoms with van der Waals surface area (Å²) in [4.78, 5) is 12.0. The molecule has 1 heterocycles. The number of amides is 1. The van der Waals surface area contributed by atoms with Gasteiger partial charge in [-0.15, -0.1) is 0 Å². The van der Waals surface area contributed by atoms with Crippen molar-refractivity contribution in [3.05, 3.63) is 34.6 Å². The third-order valence-corrected chi connectivity index (χ3v) is 4.77. The number of hydrogen-bond acceptors (Lipinski definition) is 2. The summed E-state index contributed by atoms with van der Waals surface area (Å²) in [6.45, 7) is 5.71. The number of rotatable bonds is 2.